The van der Waals surface area contributed by atoms with E-state index in [1.165, 1.54) is 19.4 Å². The van der Waals surface area contributed by atoms with Gasteiger partial charge in [-0.25, -0.2) is 12.1 Å². The van der Waals surface area contributed by atoms with E-state index in [-0.39, 0.29) is 28.5 Å². The summed E-state index contributed by atoms with van der Waals surface area (Å²) in [5, 5.41) is 0. The maximum Gasteiger partial charge on any atom is 2.00 e. The molecule has 0 N–H and O–H groups in total. The Balaban J connectivity index is -0.000000148. The second kappa shape index (κ2) is 24.4. The fraction of sp³-hybridized carbons (Fsp3) is 0.375. The molecule has 0 nitrogen and oxygen atoms in total. The maximum atomic E-state index is 5.65. The summed E-state index contributed by atoms with van der Waals surface area (Å²) < 4.78 is 2.16. The normalized spacial score (nSPS) is 13.7. The van der Waals surface area contributed by atoms with Crippen molar-refractivity contribution in [1.29, 1.82) is 0 Å². The summed E-state index contributed by atoms with van der Waals surface area (Å²) in [7, 11) is 0. The Morgan fingerprint density at radius 1 is 1.15 bits per heavy atom. The van der Waals surface area contributed by atoms with Gasteiger partial charge in [-0.3, -0.25) is 0 Å². The summed E-state index contributed by atoms with van der Waals surface area (Å²) >= 11 is 1.47. The van der Waals surface area contributed by atoms with Crippen LogP contribution in [0.2, 0.25) is 0 Å². The molecule has 2 rings (SSSR count). The van der Waals surface area contributed by atoms with Crippen molar-refractivity contribution < 1.29 is 40.4 Å². The Labute approximate surface area is 189 Å². The van der Waals surface area contributed by atoms with Gasteiger partial charge in [-0.1, -0.05) is 49.0 Å². The first kappa shape index (κ1) is 33.0. The van der Waals surface area contributed by atoms with E-state index in [1.807, 2.05) is 76.3 Å². The minimum absolute atomic E-state index is 0. The second-order valence-corrected chi connectivity index (χ2v) is 5.67. The van der Waals surface area contributed by atoms with Crippen molar-refractivity contribution in [2.75, 3.05) is 0 Å². The SMILES string of the molecule is C.CC.CC.CC(C)[C-]=Cc1[c-]cccc1.[CH-]=C1C=CC=CC1[CH]=[W].[W+2]. The molecule has 1 aliphatic rings. The summed E-state index contributed by atoms with van der Waals surface area (Å²) in [4.78, 5) is 0. The van der Waals surface area contributed by atoms with Crippen molar-refractivity contribution in [1.82, 2.24) is 0 Å². The van der Waals surface area contributed by atoms with Gasteiger partial charge in [0.2, 0.25) is 0 Å². The van der Waals surface area contributed by atoms with Crippen LogP contribution < -0.4 is 0 Å². The monoisotopic (exact) mass is 691 g/mol. The molecule has 144 valence electrons. The van der Waals surface area contributed by atoms with Crippen LogP contribution in [-0.4, -0.2) is 4.40 Å². The quantitative estimate of drug-likeness (QED) is 0.298. The molecule has 0 saturated heterocycles. The summed E-state index contributed by atoms with van der Waals surface area (Å²) in [6.07, 6.45) is 13.2. The summed E-state index contributed by atoms with van der Waals surface area (Å²) in [6.45, 7) is 17.9. The molecule has 1 atom stereocenters. The maximum absolute atomic E-state index is 5.65. The summed E-state index contributed by atoms with van der Waals surface area (Å²) in [5.41, 5.74) is 2.05. The average molecular weight is 691 g/mol. The van der Waals surface area contributed by atoms with Gasteiger partial charge in [-0.15, -0.1) is 12.0 Å². The summed E-state index contributed by atoms with van der Waals surface area (Å²) in [6, 6.07) is 11.0. The third kappa shape index (κ3) is 18.2. The molecule has 1 aromatic carbocycles. The number of allylic oxidation sites excluding steroid dienone is 6. The fourth-order valence-corrected chi connectivity index (χ4v) is 2.34. The Bertz CT molecular complexity index is 508. The second-order valence-electron chi connectivity index (χ2n) is 4.69. The van der Waals surface area contributed by atoms with Crippen LogP contribution in [-0.2, 0) is 40.4 Å². The molecule has 0 spiro atoms. The third-order valence-electron chi connectivity index (χ3n) is 2.56. The van der Waals surface area contributed by atoms with Crippen LogP contribution in [0.4, 0.5) is 0 Å². The van der Waals surface area contributed by atoms with E-state index in [4.69, 9.17) is 6.58 Å². The molecule has 0 saturated carbocycles. The number of hydrogen-bond acceptors (Lipinski definition) is 0. The van der Waals surface area contributed by atoms with E-state index in [0.717, 1.165) is 11.1 Å². The van der Waals surface area contributed by atoms with Gasteiger partial charge in [-0.05, 0) is 0 Å². The topological polar surface area (TPSA) is 0 Å². The zero-order valence-corrected chi connectivity index (χ0v) is 22.2. The fourth-order valence-electron chi connectivity index (χ4n) is 1.45. The van der Waals surface area contributed by atoms with Crippen LogP contribution in [0.1, 0.15) is 54.5 Å². The Morgan fingerprint density at radius 3 is 2.15 bits per heavy atom. The van der Waals surface area contributed by atoms with Gasteiger partial charge in [0.1, 0.15) is 0 Å². The standard InChI is InChI=1S/C11H12.C8H7.2C2H6.CH4.2W/c1-10(2)8-9-11-6-4-3-5-7-11;1-7-5-3-4-6-8(7)2;2*1-2;;;/h3-6,9-10H,1-2H3;1-7H;2*1-2H3;1H4;;/q-2;-1;;;;;+2. The number of rotatable bonds is 3. The van der Waals surface area contributed by atoms with Gasteiger partial charge < -0.3 is 17.7 Å². The van der Waals surface area contributed by atoms with Crippen LogP contribution in [0.5, 0.6) is 0 Å². The predicted molar refractivity (Wildman–Crippen MR) is 113 cm³/mol. The molecule has 0 fully saturated rings. The van der Waals surface area contributed by atoms with Crippen molar-refractivity contribution in [2.45, 2.75) is 49.0 Å². The summed E-state index contributed by atoms with van der Waals surface area (Å²) in [5.74, 6) is 0.883. The number of hydrogen-bond donors (Lipinski definition) is 0. The molecule has 1 aliphatic carbocycles. The third-order valence-corrected chi connectivity index (χ3v) is 3.61. The molecule has 1 aromatic rings. The van der Waals surface area contributed by atoms with Crippen molar-refractivity contribution in [3.05, 3.63) is 78.4 Å². The molecule has 0 aliphatic heterocycles. The van der Waals surface area contributed by atoms with Crippen LogP contribution in [0, 0.1) is 30.6 Å². The van der Waals surface area contributed by atoms with Crippen LogP contribution in [0.25, 0.3) is 6.08 Å². The van der Waals surface area contributed by atoms with Gasteiger partial charge in [-0.2, -0.15) is 12.1 Å². The minimum atomic E-state index is 0. The Morgan fingerprint density at radius 2 is 1.77 bits per heavy atom. The van der Waals surface area contributed by atoms with E-state index >= 15 is 0 Å². The first-order valence-corrected chi connectivity index (χ1v) is 10.3. The van der Waals surface area contributed by atoms with Crippen molar-refractivity contribution >= 4 is 10.5 Å². The van der Waals surface area contributed by atoms with E-state index < -0.39 is 0 Å². The average Bonchev–Trinajstić information content (AvgIpc) is 2.65. The smallest absolute Gasteiger partial charge is 2.00 e. The van der Waals surface area contributed by atoms with Gasteiger partial charge in [0.05, 0.1) is 0 Å². The van der Waals surface area contributed by atoms with Crippen molar-refractivity contribution in [3.63, 3.8) is 0 Å². The predicted octanol–water partition coefficient (Wildman–Crippen LogP) is 7.08. The molecule has 0 radical (unpaired) electrons. The molecule has 1 unspecified atom stereocenters. The van der Waals surface area contributed by atoms with Crippen molar-refractivity contribution in [3.8, 4) is 0 Å². The van der Waals surface area contributed by atoms with E-state index in [1.54, 1.807) is 0 Å². The van der Waals surface area contributed by atoms with Gasteiger partial charge in [0, 0.05) is 0 Å². The zero-order valence-electron chi connectivity index (χ0n) is 16.3. The first-order valence-electron chi connectivity index (χ1n) is 8.62. The molecule has 26 heavy (non-hydrogen) atoms. The largest absolute Gasteiger partial charge is 2.00 e. The Hall–Kier alpha value is -0.573. The first-order chi connectivity index (χ1) is 11.6. The van der Waals surface area contributed by atoms with Gasteiger partial charge >= 0.3 is 87.2 Å². The van der Waals surface area contributed by atoms with Gasteiger partial charge in [0.15, 0.2) is 0 Å². The van der Waals surface area contributed by atoms with E-state index in [0.29, 0.717) is 11.8 Å². The van der Waals surface area contributed by atoms with Crippen molar-refractivity contribution in [2.24, 2.45) is 11.8 Å². The van der Waals surface area contributed by atoms with E-state index in [9.17, 15) is 0 Å². The zero-order chi connectivity index (χ0) is 18.8. The molecule has 2 heteroatoms. The van der Waals surface area contributed by atoms with Gasteiger partial charge in [0.25, 0.3) is 0 Å². The molecular weight excluding hydrogens is 656 g/mol. The number of benzene rings is 1. The van der Waals surface area contributed by atoms with Crippen LogP contribution >= 0.6 is 0 Å². The molecule has 0 amide bonds. The Kier molecular flexibility index (Phi) is 31.0. The van der Waals surface area contributed by atoms with Crippen LogP contribution in [0.15, 0.2) is 54.1 Å². The molecule has 0 heterocycles. The minimum Gasteiger partial charge on any atom is 2.00 e. The molecule has 0 bridgehead atoms. The molecule has 0 aromatic heterocycles. The van der Waals surface area contributed by atoms with E-state index in [2.05, 4.69) is 36.5 Å². The molecular formula is C24H35W2-. The van der Waals surface area contributed by atoms with Crippen LogP contribution in [0.3, 0.4) is 0 Å².